The molecule has 2 N–H and O–H groups in total. The predicted molar refractivity (Wildman–Crippen MR) is 128 cm³/mol. The van der Waals surface area contributed by atoms with Gasteiger partial charge in [0.15, 0.2) is 5.13 Å². The Labute approximate surface area is 200 Å². The molecule has 176 valence electrons. The van der Waals surface area contributed by atoms with E-state index in [0.717, 1.165) is 0 Å². The van der Waals surface area contributed by atoms with Gasteiger partial charge in [-0.05, 0) is 49.2 Å². The van der Waals surface area contributed by atoms with E-state index in [4.69, 9.17) is 0 Å². The number of aromatic nitrogens is 1. The van der Waals surface area contributed by atoms with Crippen LogP contribution in [0.4, 0.5) is 10.8 Å². The van der Waals surface area contributed by atoms with Gasteiger partial charge in [0.1, 0.15) is 0 Å². The number of unbranched alkanes of at least 4 members (excludes halogenated alkanes) is 2. The first-order valence-electron chi connectivity index (χ1n) is 10.6. The predicted octanol–water partition coefficient (Wildman–Crippen LogP) is 3.74. The summed E-state index contributed by atoms with van der Waals surface area (Å²) in [5.74, 6) is -0.742. The van der Waals surface area contributed by atoms with E-state index in [2.05, 4.69) is 15.0 Å². The van der Waals surface area contributed by atoms with E-state index < -0.39 is 10.0 Å². The summed E-state index contributed by atoms with van der Waals surface area (Å²) in [5.41, 5.74) is 1.36. The summed E-state index contributed by atoms with van der Waals surface area (Å²) in [6, 6.07) is 12.6. The number of hydrogen-bond donors (Lipinski definition) is 2. The molecule has 0 radical (unpaired) electrons. The van der Waals surface area contributed by atoms with Crippen molar-refractivity contribution in [2.24, 2.45) is 0 Å². The van der Waals surface area contributed by atoms with Gasteiger partial charge >= 0.3 is 0 Å². The number of imide groups is 1. The van der Waals surface area contributed by atoms with Crippen molar-refractivity contribution in [2.75, 3.05) is 16.6 Å². The first kappa shape index (κ1) is 23.6. The molecule has 0 saturated carbocycles. The minimum atomic E-state index is -3.75. The summed E-state index contributed by atoms with van der Waals surface area (Å²) in [6.07, 6.45) is 3.66. The third kappa shape index (κ3) is 5.32. The van der Waals surface area contributed by atoms with Gasteiger partial charge in [-0.25, -0.2) is 13.4 Å². The number of carbonyl (C=O) groups excluding carboxylic acids is 3. The maximum Gasteiger partial charge on any atom is 0.263 e. The van der Waals surface area contributed by atoms with Gasteiger partial charge in [-0.15, -0.1) is 11.3 Å². The first-order chi connectivity index (χ1) is 16.3. The average molecular weight is 499 g/mol. The molecular weight excluding hydrogens is 476 g/mol. The van der Waals surface area contributed by atoms with Crippen LogP contribution in [-0.4, -0.2) is 42.6 Å². The second-order valence-electron chi connectivity index (χ2n) is 7.63. The zero-order chi connectivity index (χ0) is 24.1. The van der Waals surface area contributed by atoms with Gasteiger partial charge in [-0.2, -0.15) is 0 Å². The standard InChI is InChI=1S/C23H22N4O5S2/c28-20(8-2-1-5-14-27-21(29)18-6-3-4-7-19(18)22(27)30)25-16-9-11-17(12-10-16)34(31,32)26-23-24-13-15-33-23/h3-4,6-7,9-13,15H,1-2,5,8,14H2,(H,24,26)(H,25,28). The van der Waals surface area contributed by atoms with Crippen LogP contribution in [0.3, 0.4) is 0 Å². The van der Waals surface area contributed by atoms with Crippen molar-refractivity contribution in [3.05, 3.63) is 71.2 Å². The Hall–Kier alpha value is -3.57. The Kier molecular flexibility index (Phi) is 7.03. The molecule has 3 aromatic rings. The number of amides is 3. The van der Waals surface area contributed by atoms with E-state index in [0.29, 0.717) is 42.6 Å². The Bertz CT molecular complexity index is 1270. The van der Waals surface area contributed by atoms with Crippen molar-refractivity contribution < 1.29 is 22.8 Å². The van der Waals surface area contributed by atoms with Crippen LogP contribution >= 0.6 is 11.3 Å². The molecule has 1 aliphatic heterocycles. The lowest BCUT2D eigenvalue weighted by Gasteiger charge is -2.13. The van der Waals surface area contributed by atoms with Gasteiger partial charge in [-0.3, -0.25) is 24.0 Å². The van der Waals surface area contributed by atoms with Crippen molar-refractivity contribution >= 4 is 49.9 Å². The zero-order valence-corrected chi connectivity index (χ0v) is 19.7. The monoisotopic (exact) mass is 498 g/mol. The molecule has 0 saturated heterocycles. The SMILES string of the molecule is O=C(CCCCCN1C(=O)c2ccccc2C1=O)Nc1ccc(S(=O)(=O)Nc2nccs2)cc1. The van der Waals surface area contributed by atoms with E-state index in [9.17, 15) is 22.8 Å². The van der Waals surface area contributed by atoms with Crippen LogP contribution in [0.2, 0.25) is 0 Å². The molecule has 2 aromatic carbocycles. The van der Waals surface area contributed by atoms with Gasteiger partial charge in [-0.1, -0.05) is 18.6 Å². The molecule has 2 heterocycles. The summed E-state index contributed by atoms with van der Waals surface area (Å²) in [6.45, 7) is 0.318. The highest BCUT2D eigenvalue weighted by atomic mass is 32.2. The van der Waals surface area contributed by atoms with Gasteiger partial charge in [0, 0.05) is 30.2 Å². The minimum Gasteiger partial charge on any atom is -0.326 e. The van der Waals surface area contributed by atoms with E-state index in [-0.39, 0.29) is 34.2 Å². The molecule has 9 nitrogen and oxygen atoms in total. The van der Waals surface area contributed by atoms with E-state index in [1.807, 2.05) is 0 Å². The molecule has 11 heteroatoms. The Morgan fingerprint density at radius 2 is 1.62 bits per heavy atom. The fourth-order valence-corrected chi connectivity index (χ4v) is 5.35. The number of thiazole rings is 1. The number of nitrogens with one attached hydrogen (secondary N) is 2. The van der Waals surface area contributed by atoms with Gasteiger partial charge < -0.3 is 5.32 Å². The molecule has 0 aliphatic carbocycles. The fourth-order valence-electron chi connectivity index (χ4n) is 3.56. The third-order valence-corrected chi connectivity index (χ3v) is 7.44. The maximum atomic E-state index is 12.4. The lowest BCUT2D eigenvalue weighted by molar-refractivity contribution is -0.116. The molecule has 0 bridgehead atoms. The van der Waals surface area contributed by atoms with E-state index in [1.165, 1.54) is 46.7 Å². The number of anilines is 2. The quantitative estimate of drug-likeness (QED) is 0.324. The number of rotatable bonds is 10. The Morgan fingerprint density at radius 1 is 0.941 bits per heavy atom. The lowest BCUT2D eigenvalue weighted by atomic mass is 10.1. The third-order valence-electron chi connectivity index (χ3n) is 5.27. The fraction of sp³-hybridized carbons (Fsp3) is 0.217. The summed E-state index contributed by atoms with van der Waals surface area (Å²) >= 11 is 1.18. The second-order valence-corrected chi connectivity index (χ2v) is 10.2. The molecule has 3 amide bonds. The molecule has 4 rings (SSSR count). The first-order valence-corrected chi connectivity index (χ1v) is 13.0. The van der Waals surface area contributed by atoms with Crippen LogP contribution in [-0.2, 0) is 14.8 Å². The summed E-state index contributed by atoms with van der Waals surface area (Å²) in [4.78, 5) is 42.1. The van der Waals surface area contributed by atoms with Crippen molar-refractivity contribution in [3.63, 3.8) is 0 Å². The summed E-state index contributed by atoms with van der Waals surface area (Å²) in [5, 5.41) is 4.69. The number of carbonyl (C=O) groups is 3. The van der Waals surface area contributed by atoms with E-state index in [1.54, 1.807) is 29.6 Å². The Morgan fingerprint density at radius 3 is 2.24 bits per heavy atom. The van der Waals surface area contributed by atoms with Crippen molar-refractivity contribution in [3.8, 4) is 0 Å². The van der Waals surface area contributed by atoms with Crippen LogP contribution in [0.15, 0.2) is 65.0 Å². The molecular formula is C23H22N4O5S2. The molecule has 1 aliphatic rings. The highest BCUT2D eigenvalue weighted by Gasteiger charge is 2.34. The topological polar surface area (TPSA) is 126 Å². The maximum absolute atomic E-state index is 12.4. The van der Waals surface area contributed by atoms with Crippen LogP contribution in [0.1, 0.15) is 46.4 Å². The molecule has 0 spiro atoms. The summed E-state index contributed by atoms with van der Waals surface area (Å²) in [7, 11) is -3.75. The molecule has 0 unspecified atom stereocenters. The van der Waals surface area contributed by atoms with E-state index >= 15 is 0 Å². The van der Waals surface area contributed by atoms with Crippen LogP contribution in [0.25, 0.3) is 0 Å². The number of hydrogen-bond acceptors (Lipinski definition) is 7. The van der Waals surface area contributed by atoms with Gasteiger partial charge in [0.2, 0.25) is 5.91 Å². The van der Waals surface area contributed by atoms with Gasteiger partial charge in [0.25, 0.3) is 21.8 Å². The number of sulfonamides is 1. The summed E-state index contributed by atoms with van der Waals surface area (Å²) < 4.78 is 27.1. The molecule has 0 fully saturated rings. The van der Waals surface area contributed by atoms with Crippen molar-refractivity contribution in [1.29, 1.82) is 0 Å². The number of benzene rings is 2. The largest absolute Gasteiger partial charge is 0.326 e. The average Bonchev–Trinajstić information content (AvgIpc) is 3.41. The highest BCUT2D eigenvalue weighted by Crippen LogP contribution is 2.23. The number of fused-ring (bicyclic) bond motifs is 1. The second kappa shape index (κ2) is 10.1. The van der Waals surface area contributed by atoms with Gasteiger partial charge in [0.05, 0.1) is 16.0 Å². The van der Waals surface area contributed by atoms with Crippen LogP contribution in [0, 0.1) is 0 Å². The van der Waals surface area contributed by atoms with Crippen molar-refractivity contribution in [1.82, 2.24) is 9.88 Å². The lowest BCUT2D eigenvalue weighted by Crippen LogP contribution is -2.30. The smallest absolute Gasteiger partial charge is 0.263 e. The number of nitrogens with zero attached hydrogens (tertiary/aromatic N) is 2. The highest BCUT2D eigenvalue weighted by molar-refractivity contribution is 7.93. The zero-order valence-electron chi connectivity index (χ0n) is 18.1. The Balaban J connectivity index is 1.19. The minimum absolute atomic E-state index is 0.0638. The molecule has 34 heavy (non-hydrogen) atoms. The van der Waals surface area contributed by atoms with Crippen molar-refractivity contribution in [2.45, 2.75) is 30.6 Å². The van der Waals surface area contributed by atoms with Crippen LogP contribution < -0.4 is 10.0 Å². The molecule has 1 aromatic heterocycles. The molecule has 0 atom stereocenters. The van der Waals surface area contributed by atoms with Crippen LogP contribution in [0.5, 0.6) is 0 Å². The normalized spacial score (nSPS) is 13.1.